The predicted molar refractivity (Wildman–Crippen MR) is 77.8 cm³/mol. The molecule has 4 saturated carbocycles. The standard InChI is InChI=1S/C18H25NO2/c1-9(20)21-18(2,3)15-7-11-6-14(15)17-10-4-12(8-19)13(5-10)16(11)17/h10-17H,4-7H2,1-3H3. The monoisotopic (exact) mass is 287 g/mol. The molecular formula is C18H25NO2. The molecule has 3 heteroatoms. The molecule has 0 radical (unpaired) electrons. The summed E-state index contributed by atoms with van der Waals surface area (Å²) in [5.74, 6) is 5.28. The molecule has 0 amide bonds. The molecule has 4 rings (SSSR count). The maximum Gasteiger partial charge on any atom is 0.303 e. The first-order valence-electron chi connectivity index (χ1n) is 8.51. The summed E-state index contributed by atoms with van der Waals surface area (Å²) in [6, 6.07) is 2.57. The Morgan fingerprint density at radius 2 is 1.71 bits per heavy atom. The van der Waals surface area contributed by atoms with Gasteiger partial charge in [0.1, 0.15) is 5.60 Å². The van der Waals surface area contributed by atoms with E-state index in [0.29, 0.717) is 17.8 Å². The van der Waals surface area contributed by atoms with Gasteiger partial charge in [0, 0.05) is 18.8 Å². The maximum atomic E-state index is 11.4. The lowest BCUT2D eigenvalue weighted by Crippen LogP contribution is -2.45. The number of fused-ring (bicyclic) bond motifs is 9. The molecule has 0 aromatic rings. The van der Waals surface area contributed by atoms with Crippen LogP contribution in [0.3, 0.4) is 0 Å². The van der Waals surface area contributed by atoms with Crippen molar-refractivity contribution in [1.82, 2.24) is 0 Å². The van der Waals surface area contributed by atoms with Crippen LogP contribution >= 0.6 is 0 Å². The maximum absolute atomic E-state index is 11.4. The van der Waals surface area contributed by atoms with Gasteiger partial charge < -0.3 is 4.74 Å². The third-order valence-electron chi connectivity index (χ3n) is 7.28. The first-order valence-corrected chi connectivity index (χ1v) is 8.51. The number of hydrogen-bond donors (Lipinski definition) is 0. The third-order valence-corrected chi connectivity index (χ3v) is 7.28. The van der Waals surface area contributed by atoms with Crippen LogP contribution in [0.2, 0.25) is 0 Å². The van der Waals surface area contributed by atoms with Crippen LogP contribution in [0.4, 0.5) is 0 Å². The molecule has 0 aliphatic heterocycles. The van der Waals surface area contributed by atoms with Crippen molar-refractivity contribution in [3.63, 3.8) is 0 Å². The van der Waals surface area contributed by atoms with Crippen LogP contribution < -0.4 is 0 Å². The zero-order chi connectivity index (χ0) is 14.9. The Hall–Kier alpha value is -1.04. The minimum Gasteiger partial charge on any atom is -0.460 e. The predicted octanol–water partition coefficient (Wildman–Crippen LogP) is 3.40. The number of carbonyl (C=O) groups excluding carboxylic acids is 1. The molecule has 0 aromatic carbocycles. The average molecular weight is 287 g/mol. The second-order valence-electron chi connectivity index (χ2n) is 8.48. The molecule has 0 N–H and O–H groups in total. The van der Waals surface area contributed by atoms with Gasteiger partial charge in [-0.05, 0) is 75.0 Å². The largest absolute Gasteiger partial charge is 0.460 e. The van der Waals surface area contributed by atoms with Crippen molar-refractivity contribution < 1.29 is 9.53 Å². The number of ether oxygens (including phenoxy) is 1. The van der Waals surface area contributed by atoms with Gasteiger partial charge in [0.15, 0.2) is 0 Å². The van der Waals surface area contributed by atoms with Crippen molar-refractivity contribution in [3.8, 4) is 6.07 Å². The topological polar surface area (TPSA) is 50.1 Å². The van der Waals surface area contributed by atoms with Gasteiger partial charge in [-0.3, -0.25) is 4.79 Å². The summed E-state index contributed by atoms with van der Waals surface area (Å²) in [4.78, 5) is 11.4. The Bertz CT molecular complexity index is 520. The molecule has 3 nitrogen and oxygen atoms in total. The molecule has 114 valence electrons. The quantitative estimate of drug-likeness (QED) is 0.578. The first kappa shape index (κ1) is 13.6. The lowest BCUT2D eigenvalue weighted by atomic mass is 9.62. The van der Waals surface area contributed by atoms with E-state index in [1.54, 1.807) is 0 Å². The number of carbonyl (C=O) groups is 1. The first-order chi connectivity index (χ1) is 9.92. The van der Waals surface area contributed by atoms with E-state index < -0.39 is 0 Å². The van der Waals surface area contributed by atoms with E-state index in [1.165, 1.54) is 26.2 Å². The van der Waals surface area contributed by atoms with E-state index in [4.69, 9.17) is 4.74 Å². The number of nitrogens with zero attached hydrogens (tertiary/aromatic N) is 1. The molecule has 0 aromatic heterocycles. The van der Waals surface area contributed by atoms with Gasteiger partial charge in [-0.2, -0.15) is 5.26 Å². The van der Waals surface area contributed by atoms with E-state index in [2.05, 4.69) is 19.9 Å². The van der Waals surface area contributed by atoms with Gasteiger partial charge in [0.05, 0.1) is 6.07 Å². The number of rotatable bonds is 2. The van der Waals surface area contributed by atoms with E-state index in [9.17, 15) is 10.1 Å². The van der Waals surface area contributed by atoms with E-state index >= 15 is 0 Å². The Labute approximate surface area is 127 Å². The number of esters is 1. The highest BCUT2D eigenvalue weighted by atomic mass is 16.6. The molecule has 4 fully saturated rings. The van der Waals surface area contributed by atoms with E-state index in [-0.39, 0.29) is 11.6 Å². The van der Waals surface area contributed by atoms with Crippen LogP contribution in [-0.2, 0) is 9.53 Å². The van der Waals surface area contributed by atoms with Crippen molar-refractivity contribution in [1.29, 1.82) is 5.26 Å². The summed E-state index contributed by atoms with van der Waals surface area (Å²) in [5, 5.41) is 9.35. The van der Waals surface area contributed by atoms with Crippen LogP contribution in [0.1, 0.15) is 46.5 Å². The summed E-state index contributed by atoms with van der Waals surface area (Å²) < 4.78 is 5.65. The van der Waals surface area contributed by atoms with Crippen LogP contribution in [0.15, 0.2) is 0 Å². The molecule has 0 heterocycles. The summed E-state index contributed by atoms with van der Waals surface area (Å²) in [6.45, 7) is 5.72. The molecule has 4 bridgehead atoms. The number of nitriles is 1. The van der Waals surface area contributed by atoms with Crippen LogP contribution in [0.5, 0.6) is 0 Å². The van der Waals surface area contributed by atoms with Crippen LogP contribution in [-0.4, -0.2) is 11.6 Å². The fraction of sp³-hybridized carbons (Fsp3) is 0.889. The molecule has 8 unspecified atom stereocenters. The lowest BCUT2D eigenvalue weighted by Gasteiger charge is -2.45. The Balaban J connectivity index is 1.57. The van der Waals surface area contributed by atoms with Crippen LogP contribution in [0.25, 0.3) is 0 Å². The van der Waals surface area contributed by atoms with Crippen molar-refractivity contribution >= 4 is 5.97 Å². The smallest absolute Gasteiger partial charge is 0.303 e. The average Bonchev–Trinajstić information content (AvgIpc) is 3.13. The zero-order valence-electron chi connectivity index (χ0n) is 13.2. The summed E-state index contributed by atoms with van der Waals surface area (Å²) >= 11 is 0. The summed E-state index contributed by atoms with van der Waals surface area (Å²) in [6.07, 6.45) is 4.94. The summed E-state index contributed by atoms with van der Waals surface area (Å²) in [7, 11) is 0. The molecule has 4 aliphatic carbocycles. The van der Waals surface area contributed by atoms with E-state index in [0.717, 1.165) is 36.0 Å². The highest BCUT2D eigenvalue weighted by molar-refractivity contribution is 5.66. The SMILES string of the molecule is CC(=O)OC(C)(C)C1CC2CC1C1C3CC(C#N)C(C3)C21. The Kier molecular flexibility index (Phi) is 2.75. The highest BCUT2D eigenvalue weighted by Crippen LogP contribution is 2.71. The normalized spacial score (nSPS) is 50.0. The van der Waals surface area contributed by atoms with Crippen molar-refractivity contribution in [2.45, 2.75) is 52.1 Å². The molecular weight excluding hydrogens is 262 g/mol. The van der Waals surface area contributed by atoms with Crippen molar-refractivity contribution in [3.05, 3.63) is 0 Å². The second kappa shape index (κ2) is 4.24. The van der Waals surface area contributed by atoms with Gasteiger partial charge in [0.2, 0.25) is 0 Å². The fourth-order valence-electron chi connectivity index (χ4n) is 6.99. The van der Waals surface area contributed by atoms with E-state index in [1.807, 2.05) is 0 Å². The highest BCUT2D eigenvalue weighted by Gasteiger charge is 2.66. The van der Waals surface area contributed by atoms with Gasteiger partial charge in [-0.15, -0.1) is 0 Å². The third kappa shape index (κ3) is 1.74. The van der Waals surface area contributed by atoms with Crippen molar-refractivity contribution in [2.75, 3.05) is 0 Å². The summed E-state index contributed by atoms with van der Waals surface area (Å²) in [5.41, 5.74) is -0.327. The molecule has 0 spiro atoms. The van der Waals surface area contributed by atoms with Gasteiger partial charge in [-0.25, -0.2) is 0 Å². The Morgan fingerprint density at radius 1 is 1.10 bits per heavy atom. The van der Waals surface area contributed by atoms with Gasteiger partial charge >= 0.3 is 5.97 Å². The minimum absolute atomic E-state index is 0.156. The fourth-order valence-corrected chi connectivity index (χ4v) is 6.99. The molecule has 0 saturated heterocycles. The number of hydrogen-bond acceptors (Lipinski definition) is 3. The van der Waals surface area contributed by atoms with Gasteiger partial charge in [0.25, 0.3) is 0 Å². The lowest BCUT2D eigenvalue weighted by molar-refractivity contribution is -0.163. The molecule has 4 aliphatic rings. The zero-order valence-corrected chi connectivity index (χ0v) is 13.2. The van der Waals surface area contributed by atoms with Crippen molar-refractivity contribution in [2.24, 2.45) is 47.3 Å². The van der Waals surface area contributed by atoms with Crippen LogP contribution in [0, 0.1) is 58.7 Å². The van der Waals surface area contributed by atoms with Gasteiger partial charge in [-0.1, -0.05) is 0 Å². The molecule has 8 atom stereocenters. The molecule has 21 heavy (non-hydrogen) atoms. The second-order valence-corrected chi connectivity index (χ2v) is 8.48. The Morgan fingerprint density at radius 3 is 2.38 bits per heavy atom. The minimum atomic E-state index is -0.327.